The van der Waals surface area contributed by atoms with Crippen LogP contribution < -0.4 is 10.2 Å². The van der Waals surface area contributed by atoms with E-state index in [2.05, 4.69) is 20.4 Å². The van der Waals surface area contributed by atoms with Crippen LogP contribution in [-0.2, 0) is 0 Å². The summed E-state index contributed by atoms with van der Waals surface area (Å²) in [6.45, 7) is 2.66. The molecular formula is C15H20N4O2. The third kappa shape index (κ3) is 3.33. The third-order valence-electron chi connectivity index (χ3n) is 3.63. The van der Waals surface area contributed by atoms with Crippen molar-refractivity contribution < 1.29 is 9.63 Å². The molecule has 1 aromatic carbocycles. The molecule has 1 aromatic heterocycles. The van der Waals surface area contributed by atoms with E-state index in [4.69, 9.17) is 9.63 Å². The molecule has 0 spiro atoms. The molecule has 1 fully saturated rings. The lowest BCUT2D eigenvalue weighted by Gasteiger charge is -2.24. The highest BCUT2D eigenvalue weighted by atomic mass is 16.5. The molecule has 112 valence electrons. The van der Waals surface area contributed by atoms with Crippen molar-refractivity contribution in [1.82, 2.24) is 10.1 Å². The minimum absolute atomic E-state index is 0.116. The summed E-state index contributed by atoms with van der Waals surface area (Å²) in [7, 11) is 0. The van der Waals surface area contributed by atoms with Crippen molar-refractivity contribution >= 4 is 11.6 Å². The number of nitrogens with one attached hydrogen (secondary N) is 1. The second-order valence-electron chi connectivity index (χ2n) is 5.17. The van der Waals surface area contributed by atoms with Crippen LogP contribution in [0.4, 0.5) is 11.6 Å². The lowest BCUT2D eigenvalue weighted by Crippen LogP contribution is -2.30. The zero-order chi connectivity index (χ0) is 14.5. The molecule has 0 unspecified atom stereocenters. The fourth-order valence-electron chi connectivity index (χ4n) is 2.49. The Kier molecular flexibility index (Phi) is 4.35. The van der Waals surface area contributed by atoms with Crippen molar-refractivity contribution in [2.45, 2.75) is 19.3 Å². The van der Waals surface area contributed by atoms with E-state index < -0.39 is 0 Å². The molecule has 1 aliphatic heterocycles. The quantitative estimate of drug-likeness (QED) is 0.878. The zero-order valence-electron chi connectivity index (χ0n) is 12.0. The van der Waals surface area contributed by atoms with Crippen molar-refractivity contribution in [3.05, 3.63) is 24.3 Å². The Morgan fingerprint density at radius 1 is 1.14 bits per heavy atom. The van der Waals surface area contributed by atoms with Crippen molar-refractivity contribution in [3.63, 3.8) is 0 Å². The lowest BCUT2D eigenvalue weighted by atomic mass is 10.1. The highest BCUT2D eigenvalue weighted by Gasteiger charge is 2.17. The fraction of sp³-hybridized carbons (Fsp3) is 0.467. The molecule has 2 aromatic rings. The molecule has 0 saturated carbocycles. The number of piperidine rings is 1. The zero-order valence-corrected chi connectivity index (χ0v) is 12.0. The van der Waals surface area contributed by atoms with E-state index >= 15 is 0 Å². The first-order valence-corrected chi connectivity index (χ1v) is 7.40. The molecule has 3 rings (SSSR count). The van der Waals surface area contributed by atoms with Gasteiger partial charge in [0.2, 0.25) is 0 Å². The number of benzene rings is 1. The summed E-state index contributed by atoms with van der Waals surface area (Å²) in [6.07, 6.45) is 3.66. The second kappa shape index (κ2) is 6.58. The van der Waals surface area contributed by atoms with Gasteiger partial charge < -0.3 is 19.8 Å². The Bertz CT molecular complexity index is 561. The van der Waals surface area contributed by atoms with Gasteiger partial charge in [-0.1, -0.05) is 0 Å². The molecule has 0 bridgehead atoms. The molecular weight excluding hydrogens is 268 g/mol. The summed E-state index contributed by atoms with van der Waals surface area (Å²) >= 11 is 0. The largest absolute Gasteiger partial charge is 0.395 e. The Morgan fingerprint density at radius 2 is 1.90 bits per heavy atom. The minimum atomic E-state index is 0.116. The van der Waals surface area contributed by atoms with Crippen molar-refractivity contribution in [2.24, 2.45) is 0 Å². The van der Waals surface area contributed by atoms with Crippen LogP contribution >= 0.6 is 0 Å². The third-order valence-corrected chi connectivity index (χ3v) is 3.63. The highest BCUT2D eigenvalue weighted by Crippen LogP contribution is 2.23. The molecule has 2 N–H and O–H groups in total. The van der Waals surface area contributed by atoms with E-state index in [0.717, 1.165) is 24.3 Å². The Labute approximate surface area is 123 Å². The van der Waals surface area contributed by atoms with Crippen LogP contribution in [0.1, 0.15) is 19.3 Å². The van der Waals surface area contributed by atoms with E-state index in [1.807, 2.05) is 24.3 Å². The first-order chi connectivity index (χ1) is 10.4. The van der Waals surface area contributed by atoms with Gasteiger partial charge in [0.05, 0.1) is 6.61 Å². The summed E-state index contributed by atoms with van der Waals surface area (Å²) in [4.78, 5) is 6.66. The van der Waals surface area contributed by atoms with Gasteiger partial charge in [-0.05, 0) is 48.7 Å². The first kappa shape index (κ1) is 13.9. The maximum absolute atomic E-state index is 8.79. The van der Waals surface area contributed by atoms with Crippen molar-refractivity contribution in [1.29, 1.82) is 0 Å². The summed E-state index contributed by atoms with van der Waals surface area (Å²) in [6, 6.07) is 7.76. The normalized spacial score (nSPS) is 15.2. The van der Waals surface area contributed by atoms with E-state index in [9.17, 15) is 0 Å². The van der Waals surface area contributed by atoms with Crippen LogP contribution in [0, 0.1) is 0 Å². The minimum Gasteiger partial charge on any atom is -0.395 e. The molecule has 0 amide bonds. The number of aliphatic hydroxyl groups is 1. The van der Waals surface area contributed by atoms with Gasteiger partial charge in [0, 0.05) is 30.9 Å². The van der Waals surface area contributed by atoms with E-state index in [1.54, 1.807) is 0 Å². The van der Waals surface area contributed by atoms with Crippen LogP contribution in [0.5, 0.6) is 0 Å². The number of anilines is 2. The van der Waals surface area contributed by atoms with E-state index in [-0.39, 0.29) is 6.61 Å². The van der Waals surface area contributed by atoms with Gasteiger partial charge in [-0.15, -0.1) is 0 Å². The molecule has 21 heavy (non-hydrogen) atoms. The number of rotatable bonds is 5. The van der Waals surface area contributed by atoms with Crippen LogP contribution in [0.2, 0.25) is 0 Å². The molecule has 6 nitrogen and oxygen atoms in total. The Morgan fingerprint density at radius 3 is 2.62 bits per heavy atom. The first-order valence-electron chi connectivity index (χ1n) is 7.40. The molecule has 0 radical (unpaired) electrons. The van der Waals surface area contributed by atoms with Crippen LogP contribution in [-0.4, -0.2) is 41.5 Å². The average molecular weight is 288 g/mol. The van der Waals surface area contributed by atoms with Gasteiger partial charge in [0.1, 0.15) is 0 Å². The van der Waals surface area contributed by atoms with Gasteiger partial charge in [-0.3, -0.25) is 0 Å². The summed E-state index contributed by atoms with van der Waals surface area (Å²) < 4.78 is 5.36. The summed E-state index contributed by atoms with van der Waals surface area (Å²) in [5, 5.41) is 16.0. The predicted molar refractivity (Wildman–Crippen MR) is 81.4 cm³/mol. The van der Waals surface area contributed by atoms with Gasteiger partial charge in [-0.25, -0.2) is 0 Å². The topological polar surface area (TPSA) is 74.4 Å². The number of hydrogen-bond donors (Lipinski definition) is 2. The van der Waals surface area contributed by atoms with Gasteiger partial charge in [0.25, 0.3) is 11.8 Å². The van der Waals surface area contributed by atoms with E-state index in [1.165, 1.54) is 19.3 Å². The number of aromatic nitrogens is 2. The van der Waals surface area contributed by atoms with Crippen LogP contribution in [0.25, 0.3) is 11.5 Å². The predicted octanol–water partition coefficient (Wildman–Crippen LogP) is 2.13. The average Bonchev–Trinajstić information content (AvgIpc) is 3.04. The van der Waals surface area contributed by atoms with Crippen LogP contribution in [0.15, 0.2) is 28.8 Å². The maximum Gasteiger partial charge on any atom is 0.266 e. The number of nitrogens with zero attached hydrogens (tertiary/aromatic N) is 3. The Balaban J connectivity index is 1.70. The second-order valence-corrected chi connectivity index (χ2v) is 5.17. The van der Waals surface area contributed by atoms with E-state index in [0.29, 0.717) is 18.4 Å². The number of aliphatic hydroxyl groups excluding tert-OH is 1. The van der Waals surface area contributed by atoms with Crippen LogP contribution in [0.3, 0.4) is 0 Å². The lowest BCUT2D eigenvalue weighted by molar-refractivity contribution is 0.311. The number of hydrogen-bond acceptors (Lipinski definition) is 6. The van der Waals surface area contributed by atoms with Crippen molar-refractivity contribution in [3.8, 4) is 11.5 Å². The van der Waals surface area contributed by atoms with Gasteiger partial charge in [0.15, 0.2) is 0 Å². The molecule has 1 aliphatic rings. The Hall–Kier alpha value is -2.08. The maximum atomic E-state index is 8.79. The highest BCUT2D eigenvalue weighted by molar-refractivity contribution is 5.59. The standard InChI is InChI=1S/C15H20N4O2/c20-11-8-16-13-6-4-12(5-7-13)14-17-15(18-21-14)19-9-2-1-3-10-19/h4-7,16,20H,1-3,8-11H2. The van der Waals surface area contributed by atoms with Gasteiger partial charge >= 0.3 is 0 Å². The van der Waals surface area contributed by atoms with Gasteiger partial charge in [-0.2, -0.15) is 4.98 Å². The summed E-state index contributed by atoms with van der Waals surface area (Å²) in [5.41, 5.74) is 1.86. The molecule has 6 heteroatoms. The molecule has 2 heterocycles. The molecule has 1 saturated heterocycles. The van der Waals surface area contributed by atoms with Crippen molar-refractivity contribution in [2.75, 3.05) is 36.5 Å². The summed E-state index contributed by atoms with van der Waals surface area (Å²) in [5.74, 6) is 1.23. The molecule has 0 aliphatic carbocycles. The smallest absolute Gasteiger partial charge is 0.266 e. The fourth-order valence-corrected chi connectivity index (χ4v) is 2.49. The molecule has 0 atom stereocenters. The monoisotopic (exact) mass is 288 g/mol. The SMILES string of the molecule is OCCNc1ccc(-c2nc(N3CCCCC3)no2)cc1.